The highest BCUT2D eigenvalue weighted by Gasteiger charge is 2.61. The molecular weight excluding hydrogens is 366 g/mol. The van der Waals surface area contributed by atoms with Gasteiger partial charge in [0.05, 0.1) is 18.4 Å². The van der Waals surface area contributed by atoms with Crippen LogP contribution >= 0.6 is 0 Å². The summed E-state index contributed by atoms with van der Waals surface area (Å²) in [4.78, 5) is 24.8. The lowest BCUT2D eigenvalue weighted by Crippen LogP contribution is -2.59. The van der Waals surface area contributed by atoms with Gasteiger partial charge in [0.15, 0.2) is 0 Å². The van der Waals surface area contributed by atoms with Crippen molar-refractivity contribution in [2.24, 2.45) is 23.2 Å². The molecule has 0 aromatic heterocycles. The molecule has 0 heterocycles. The Balaban J connectivity index is 1.37. The fourth-order valence-corrected chi connectivity index (χ4v) is 7.49. The van der Waals surface area contributed by atoms with Crippen LogP contribution in [0.3, 0.4) is 0 Å². The van der Waals surface area contributed by atoms with E-state index in [1.807, 2.05) is 12.1 Å². The molecule has 0 radical (unpaired) electrons. The van der Waals surface area contributed by atoms with E-state index in [4.69, 9.17) is 4.74 Å². The molecule has 1 aromatic rings. The number of aliphatic carboxylic acids is 1. The lowest BCUT2D eigenvalue weighted by molar-refractivity contribution is -0.150. The summed E-state index contributed by atoms with van der Waals surface area (Å²) in [7, 11) is 1.69. The van der Waals surface area contributed by atoms with E-state index in [0.717, 1.165) is 31.4 Å². The van der Waals surface area contributed by atoms with Gasteiger partial charge in [0.25, 0.3) is 0 Å². The van der Waals surface area contributed by atoms with E-state index in [9.17, 15) is 14.7 Å². The van der Waals surface area contributed by atoms with Crippen LogP contribution in [-0.2, 0) is 15.0 Å². The number of carboxylic acid groups (broad SMARTS) is 1. The lowest BCUT2D eigenvalue weighted by Gasteiger charge is -2.61. The van der Waals surface area contributed by atoms with E-state index in [2.05, 4.69) is 17.4 Å². The zero-order valence-electron chi connectivity index (χ0n) is 17.2. The Morgan fingerprint density at radius 1 is 1.03 bits per heavy atom. The van der Waals surface area contributed by atoms with Gasteiger partial charge in [-0.3, -0.25) is 9.59 Å². The maximum absolute atomic E-state index is 13.5. The van der Waals surface area contributed by atoms with Gasteiger partial charge in [-0.15, -0.1) is 0 Å². The first-order valence-electron chi connectivity index (χ1n) is 11.1. The summed E-state index contributed by atoms with van der Waals surface area (Å²) >= 11 is 0. The predicted octanol–water partition coefficient (Wildman–Crippen LogP) is 3.90. The lowest BCUT2D eigenvalue weighted by atomic mass is 9.42. The fraction of sp³-hybridized carbons (Fsp3) is 0.667. The molecule has 5 heteroatoms. The number of amides is 1. The molecular formula is C24H31NO4. The monoisotopic (exact) mass is 397 g/mol. The SMILES string of the molecule is COc1ccc(C23CC4CC(CC(C(=O)N[C@H]5CC[C@@H](C(=O)O)C5)(C4)C2)C3)cc1. The second-order valence-electron chi connectivity index (χ2n) is 10.3. The Bertz CT molecular complexity index is 803. The van der Waals surface area contributed by atoms with Gasteiger partial charge in [0.2, 0.25) is 5.91 Å². The fourth-order valence-electron chi connectivity index (χ4n) is 7.49. The van der Waals surface area contributed by atoms with Gasteiger partial charge in [-0.2, -0.15) is 0 Å². The number of methoxy groups -OCH3 is 1. The average Bonchev–Trinajstić information content (AvgIpc) is 3.16. The van der Waals surface area contributed by atoms with Crippen LogP contribution in [0.5, 0.6) is 5.75 Å². The molecule has 0 saturated heterocycles. The smallest absolute Gasteiger partial charge is 0.306 e. The molecule has 0 aliphatic heterocycles. The van der Waals surface area contributed by atoms with Gasteiger partial charge >= 0.3 is 5.97 Å². The quantitative estimate of drug-likeness (QED) is 0.790. The number of carboxylic acids is 1. The van der Waals surface area contributed by atoms with E-state index in [1.54, 1.807) is 7.11 Å². The van der Waals surface area contributed by atoms with Crippen molar-refractivity contribution in [3.63, 3.8) is 0 Å². The highest BCUT2D eigenvalue weighted by molar-refractivity contribution is 5.84. The summed E-state index contributed by atoms with van der Waals surface area (Å²) < 4.78 is 5.34. The zero-order chi connectivity index (χ0) is 20.2. The summed E-state index contributed by atoms with van der Waals surface area (Å²) in [5, 5.41) is 12.6. The number of carbonyl (C=O) groups is 2. The molecule has 156 valence electrons. The van der Waals surface area contributed by atoms with Gasteiger partial charge in [-0.05, 0) is 92.7 Å². The topological polar surface area (TPSA) is 75.6 Å². The summed E-state index contributed by atoms with van der Waals surface area (Å²) in [6.45, 7) is 0. The van der Waals surface area contributed by atoms with Gasteiger partial charge < -0.3 is 15.2 Å². The predicted molar refractivity (Wildman–Crippen MR) is 109 cm³/mol. The molecule has 5 aliphatic carbocycles. The van der Waals surface area contributed by atoms with Crippen LogP contribution in [0.4, 0.5) is 0 Å². The van der Waals surface area contributed by atoms with Crippen LogP contribution in [0.2, 0.25) is 0 Å². The Morgan fingerprint density at radius 3 is 2.31 bits per heavy atom. The highest BCUT2D eigenvalue weighted by Crippen LogP contribution is 2.65. The van der Waals surface area contributed by atoms with E-state index >= 15 is 0 Å². The number of benzene rings is 1. The van der Waals surface area contributed by atoms with Crippen molar-refractivity contribution in [1.82, 2.24) is 5.32 Å². The third kappa shape index (κ3) is 3.13. The Hall–Kier alpha value is -2.04. The highest BCUT2D eigenvalue weighted by atomic mass is 16.5. The molecule has 29 heavy (non-hydrogen) atoms. The van der Waals surface area contributed by atoms with Crippen LogP contribution in [0, 0.1) is 23.2 Å². The number of carbonyl (C=O) groups excluding carboxylic acids is 1. The molecule has 0 spiro atoms. The second-order valence-corrected chi connectivity index (χ2v) is 10.3. The minimum Gasteiger partial charge on any atom is -0.497 e. The number of hydrogen-bond acceptors (Lipinski definition) is 3. The van der Waals surface area contributed by atoms with E-state index in [-0.39, 0.29) is 28.7 Å². The van der Waals surface area contributed by atoms with Gasteiger partial charge in [0.1, 0.15) is 5.75 Å². The van der Waals surface area contributed by atoms with Crippen molar-refractivity contribution >= 4 is 11.9 Å². The van der Waals surface area contributed by atoms with Crippen molar-refractivity contribution in [2.75, 3.05) is 7.11 Å². The van der Waals surface area contributed by atoms with Gasteiger partial charge in [-0.25, -0.2) is 0 Å². The molecule has 5 fully saturated rings. The van der Waals surface area contributed by atoms with E-state index < -0.39 is 5.97 Å². The second kappa shape index (κ2) is 6.75. The number of hydrogen-bond donors (Lipinski definition) is 2. The normalized spacial score (nSPS) is 40.0. The third-order valence-electron chi connectivity index (χ3n) is 8.36. The summed E-state index contributed by atoms with van der Waals surface area (Å²) in [5.74, 6) is 1.29. The van der Waals surface area contributed by atoms with Gasteiger partial charge in [0, 0.05) is 6.04 Å². The maximum Gasteiger partial charge on any atom is 0.306 e. The van der Waals surface area contributed by atoms with Crippen molar-refractivity contribution in [2.45, 2.75) is 69.2 Å². The van der Waals surface area contributed by atoms with Crippen molar-refractivity contribution in [3.8, 4) is 5.75 Å². The van der Waals surface area contributed by atoms with Gasteiger partial charge in [-0.1, -0.05) is 12.1 Å². The Morgan fingerprint density at radius 2 is 1.72 bits per heavy atom. The van der Waals surface area contributed by atoms with Crippen LogP contribution in [-0.4, -0.2) is 30.1 Å². The molecule has 2 N–H and O–H groups in total. The summed E-state index contributed by atoms with van der Waals surface area (Å²) in [5.41, 5.74) is 1.19. The molecule has 1 aromatic carbocycles. The number of rotatable bonds is 5. The number of ether oxygens (including phenoxy) is 1. The molecule has 2 unspecified atom stereocenters. The molecule has 4 bridgehead atoms. The van der Waals surface area contributed by atoms with Crippen LogP contribution < -0.4 is 10.1 Å². The molecule has 4 atom stereocenters. The third-order valence-corrected chi connectivity index (χ3v) is 8.36. The Labute approximate surface area is 172 Å². The molecule has 5 saturated carbocycles. The molecule has 5 aliphatic rings. The summed E-state index contributed by atoms with van der Waals surface area (Å²) in [6.07, 6.45) is 8.62. The zero-order valence-corrected chi connectivity index (χ0v) is 17.2. The maximum atomic E-state index is 13.5. The molecule has 6 rings (SSSR count). The van der Waals surface area contributed by atoms with Crippen LogP contribution in [0.25, 0.3) is 0 Å². The molecule has 5 nitrogen and oxygen atoms in total. The summed E-state index contributed by atoms with van der Waals surface area (Å²) in [6, 6.07) is 8.52. The first-order valence-corrected chi connectivity index (χ1v) is 11.1. The number of nitrogens with one attached hydrogen (secondary N) is 1. The van der Waals surface area contributed by atoms with Crippen molar-refractivity contribution in [1.29, 1.82) is 0 Å². The minimum atomic E-state index is -0.727. The Kier molecular flexibility index (Phi) is 4.41. The average molecular weight is 398 g/mol. The van der Waals surface area contributed by atoms with Crippen LogP contribution in [0.15, 0.2) is 24.3 Å². The largest absolute Gasteiger partial charge is 0.497 e. The first-order chi connectivity index (χ1) is 13.9. The van der Waals surface area contributed by atoms with Crippen molar-refractivity contribution < 1.29 is 19.4 Å². The molecule has 1 amide bonds. The first kappa shape index (κ1) is 19.0. The van der Waals surface area contributed by atoms with Crippen LogP contribution in [0.1, 0.15) is 63.4 Å². The minimum absolute atomic E-state index is 0.0218. The van der Waals surface area contributed by atoms with Crippen molar-refractivity contribution in [3.05, 3.63) is 29.8 Å². The van der Waals surface area contributed by atoms with E-state index in [0.29, 0.717) is 24.7 Å². The standard InChI is InChI=1S/C24H31NO4/c1-29-20-6-3-18(4-7-20)23-10-15-8-16(11-23)13-24(12-15,14-23)22(28)25-19-5-2-17(9-19)21(26)27/h3-4,6-7,15-17,19H,2,5,8-14H2,1H3,(H,25,28)(H,26,27)/t15?,16?,17-,19+,23?,24?/m1/s1. The van der Waals surface area contributed by atoms with E-state index in [1.165, 1.54) is 24.8 Å².